The summed E-state index contributed by atoms with van der Waals surface area (Å²) in [4.78, 5) is 12.0. The molecule has 84 valence electrons. The van der Waals surface area contributed by atoms with E-state index in [0.717, 1.165) is 22.3 Å². The first-order valence-corrected chi connectivity index (χ1v) is 6.48. The molecule has 1 aromatic carbocycles. The molecule has 0 fully saturated rings. The first-order chi connectivity index (χ1) is 7.65. The van der Waals surface area contributed by atoms with Gasteiger partial charge in [-0.2, -0.15) is 0 Å². The van der Waals surface area contributed by atoms with Crippen LogP contribution in [-0.2, 0) is 6.42 Å². The Labute approximate surface area is 110 Å². The van der Waals surface area contributed by atoms with E-state index in [1.54, 1.807) is 0 Å². The van der Waals surface area contributed by atoms with Crippen molar-refractivity contribution >= 4 is 31.9 Å². The smallest absolute Gasteiger partial charge is 0.285 e. The summed E-state index contributed by atoms with van der Waals surface area (Å²) in [6.45, 7) is 2.00. The fraction of sp³-hybridized carbons (Fsp3) is 0.182. The molecule has 1 aromatic heterocycles. The highest BCUT2D eigenvalue weighted by Crippen LogP contribution is 2.20. The Kier molecular flexibility index (Phi) is 3.35. The number of nitrogens with zero attached hydrogens (tertiary/aromatic N) is 1. The van der Waals surface area contributed by atoms with E-state index in [4.69, 9.17) is 0 Å². The van der Waals surface area contributed by atoms with E-state index in [1.165, 1.54) is 4.68 Å². The van der Waals surface area contributed by atoms with E-state index in [-0.39, 0.29) is 5.56 Å². The summed E-state index contributed by atoms with van der Waals surface area (Å²) in [5, 5.41) is 3.08. The SMILES string of the molecule is CCc1[nH]n(-c2ccccc2Br)c(=O)c1Br. The molecule has 0 spiro atoms. The van der Waals surface area contributed by atoms with Gasteiger partial charge in [-0.3, -0.25) is 9.89 Å². The van der Waals surface area contributed by atoms with Crippen LogP contribution in [-0.4, -0.2) is 9.78 Å². The summed E-state index contributed by atoms with van der Waals surface area (Å²) in [6, 6.07) is 7.60. The van der Waals surface area contributed by atoms with Crippen LogP contribution in [0.25, 0.3) is 5.69 Å². The van der Waals surface area contributed by atoms with Crippen LogP contribution in [0.15, 0.2) is 38.0 Å². The molecule has 0 aliphatic carbocycles. The molecule has 0 atom stereocenters. The van der Waals surface area contributed by atoms with E-state index in [2.05, 4.69) is 37.0 Å². The lowest BCUT2D eigenvalue weighted by Crippen LogP contribution is -2.15. The molecule has 2 rings (SSSR count). The van der Waals surface area contributed by atoms with Crippen molar-refractivity contribution in [3.05, 3.63) is 49.3 Å². The largest absolute Gasteiger partial charge is 0.294 e. The monoisotopic (exact) mass is 344 g/mol. The molecule has 16 heavy (non-hydrogen) atoms. The minimum absolute atomic E-state index is 0.0660. The molecule has 1 heterocycles. The molecule has 0 amide bonds. The number of para-hydroxylation sites is 1. The van der Waals surface area contributed by atoms with Crippen LogP contribution in [0.4, 0.5) is 0 Å². The number of aromatic amines is 1. The van der Waals surface area contributed by atoms with Gasteiger partial charge in [-0.15, -0.1) is 0 Å². The number of halogens is 2. The highest BCUT2D eigenvalue weighted by molar-refractivity contribution is 9.10. The Bertz CT molecular complexity index is 572. The van der Waals surface area contributed by atoms with Gasteiger partial charge in [0, 0.05) is 4.47 Å². The number of rotatable bonds is 2. The molecule has 0 unspecified atom stereocenters. The van der Waals surface area contributed by atoms with Crippen LogP contribution in [0.3, 0.4) is 0 Å². The predicted octanol–water partition coefficient (Wildman–Crippen LogP) is 3.25. The van der Waals surface area contributed by atoms with Gasteiger partial charge in [-0.05, 0) is 50.4 Å². The Morgan fingerprint density at radius 1 is 1.31 bits per heavy atom. The van der Waals surface area contributed by atoms with Crippen LogP contribution in [0.1, 0.15) is 12.6 Å². The summed E-state index contributed by atoms with van der Waals surface area (Å²) < 4.78 is 3.02. The van der Waals surface area contributed by atoms with Crippen LogP contribution in [0.5, 0.6) is 0 Å². The standard InChI is InChI=1S/C11H10Br2N2O/c1-2-8-10(13)11(16)15(14-8)9-6-4-3-5-7(9)12/h3-6,14H,2H2,1H3. The van der Waals surface area contributed by atoms with E-state index in [1.807, 2.05) is 31.2 Å². The van der Waals surface area contributed by atoms with Gasteiger partial charge < -0.3 is 0 Å². The van der Waals surface area contributed by atoms with Crippen molar-refractivity contribution < 1.29 is 0 Å². The summed E-state index contributed by atoms with van der Waals surface area (Å²) in [7, 11) is 0. The van der Waals surface area contributed by atoms with Crippen molar-refractivity contribution in [2.45, 2.75) is 13.3 Å². The highest BCUT2D eigenvalue weighted by Gasteiger charge is 2.12. The minimum atomic E-state index is -0.0660. The zero-order chi connectivity index (χ0) is 11.7. The lowest BCUT2D eigenvalue weighted by atomic mass is 10.3. The van der Waals surface area contributed by atoms with Crippen LogP contribution < -0.4 is 5.56 Å². The van der Waals surface area contributed by atoms with E-state index in [9.17, 15) is 4.79 Å². The summed E-state index contributed by atoms with van der Waals surface area (Å²) in [5.41, 5.74) is 1.65. The molecule has 3 nitrogen and oxygen atoms in total. The van der Waals surface area contributed by atoms with Crippen molar-refractivity contribution in [3.8, 4) is 5.69 Å². The topological polar surface area (TPSA) is 37.8 Å². The first kappa shape index (κ1) is 11.7. The molecular formula is C11H10Br2N2O. The molecule has 0 aliphatic heterocycles. The van der Waals surface area contributed by atoms with E-state index < -0.39 is 0 Å². The fourth-order valence-electron chi connectivity index (χ4n) is 1.50. The van der Waals surface area contributed by atoms with Gasteiger partial charge >= 0.3 is 0 Å². The zero-order valence-electron chi connectivity index (χ0n) is 8.63. The summed E-state index contributed by atoms with van der Waals surface area (Å²) in [6.07, 6.45) is 0.785. The zero-order valence-corrected chi connectivity index (χ0v) is 11.8. The maximum Gasteiger partial charge on any atom is 0.285 e. The number of hydrogen-bond donors (Lipinski definition) is 1. The maximum absolute atomic E-state index is 12.0. The van der Waals surface area contributed by atoms with Crippen molar-refractivity contribution in [2.24, 2.45) is 0 Å². The number of nitrogens with one attached hydrogen (secondary N) is 1. The second kappa shape index (κ2) is 4.59. The lowest BCUT2D eigenvalue weighted by Gasteiger charge is -2.03. The molecule has 1 N–H and O–H groups in total. The molecule has 0 saturated heterocycles. The second-order valence-corrected chi connectivity index (χ2v) is 5.00. The van der Waals surface area contributed by atoms with Crippen molar-refractivity contribution in [1.82, 2.24) is 9.78 Å². The van der Waals surface area contributed by atoms with E-state index in [0.29, 0.717) is 4.47 Å². The highest BCUT2D eigenvalue weighted by atomic mass is 79.9. The van der Waals surface area contributed by atoms with Crippen LogP contribution in [0.2, 0.25) is 0 Å². The molecular weight excluding hydrogens is 336 g/mol. The Morgan fingerprint density at radius 3 is 2.56 bits per heavy atom. The van der Waals surface area contributed by atoms with Crippen molar-refractivity contribution in [3.63, 3.8) is 0 Å². The molecule has 0 aliphatic rings. The Morgan fingerprint density at radius 2 is 2.00 bits per heavy atom. The summed E-state index contributed by atoms with van der Waals surface area (Å²) in [5.74, 6) is 0. The Balaban J connectivity index is 2.66. The average Bonchev–Trinajstić information content (AvgIpc) is 2.57. The number of aromatic nitrogens is 2. The van der Waals surface area contributed by atoms with Crippen molar-refractivity contribution in [1.29, 1.82) is 0 Å². The van der Waals surface area contributed by atoms with Gasteiger partial charge in [0.2, 0.25) is 0 Å². The van der Waals surface area contributed by atoms with Crippen LogP contribution >= 0.6 is 31.9 Å². The Hall–Kier alpha value is -0.810. The average molecular weight is 346 g/mol. The number of benzene rings is 1. The van der Waals surface area contributed by atoms with Gasteiger partial charge in [0.15, 0.2) is 0 Å². The fourth-order valence-corrected chi connectivity index (χ4v) is 2.51. The number of hydrogen-bond acceptors (Lipinski definition) is 1. The minimum Gasteiger partial charge on any atom is -0.294 e. The lowest BCUT2D eigenvalue weighted by molar-refractivity contribution is 0.816. The second-order valence-electron chi connectivity index (χ2n) is 3.35. The molecule has 2 aromatic rings. The number of aryl methyl sites for hydroxylation is 1. The molecule has 0 radical (unpaired) electrons. The van der Waals surface area contributed by atoms with Gasteiger partial charge in [0.05, 0.1) is 11.4 Å². The van der Waals surface area contributed by atoms with Gasteiger partial charge in [0.1, 0.15) is 4.47 Å². The third-order valence-electron chi connectivity index (χ3n) is 2.35. The maximum atomic E-state index is 12.0. The van der Waals surface area contributed by atoms with Gasteiger partial charge in [0.25, 0.3) is 5.56 Å². The van der Waals surface area contributed by atoms with Crippen LogP contribution in [0, 0.1) is 0 Å². The third-order valence-corrected chi connectivity index (χ3v) is 3.84. The van der Waals surface area contributed by atoms with Crippen molar-refractivity contribution in [2.75, 3.05) is 0 Å². The molecule has 0 saturated carbocycles. The normalized spacial score (nSPS) is 10.7. The number of H-pyrrole nitrogens is 1. The molecule has 5 heteroatoms. The van der Waals surface area contributed by atoms with E-state index >= 15 is 0 Å². The predicted molar refractivity (Wildman–Crippen MR) is 71.2 cm³/mol. The first-order valence-electron chi connectivity index (χ1n) is 4.89. The summed E-state index contributed by atoms with van der Waals surface area (Å²) >= 11 is 6.73. The molecule has 0 bridgehead atoms. The third kappa shape index (κ3) is 1.89. The van der Waals surface area contributed by atoms with Gasteiger partial charge in [-0.25, -0.2) is 4.68 Å². The quantitative estimate of drug-likeness (QED) is 0.891. The van der Waals surface area contributed by atoms with Gasteiger partial charge in [-0.1, -0.05) is 19.1 Å².